The molecular formula is C12H10NS. The summed E-state index contributed by atoms with van der Waals surface area (Å²) in [5.41, 5.74) is 1.31. The van der Waals surface area contributed by atoms with Crippen molar-refractivity contribution in [3.63, 3.8) is 0 Å². The molecule has 1 aromatic carbocycles. The highest BCUT2D eigenvalue weighted by molar-refractivity contribution is 7.98. The molecule has 1 nitrogen and oxygen atoms in total. The number of rotatable bonds is 3. The van der Waals surface area contributed by atoms with Crippen LogP contribution < -0.4 is 0 Å². The van der Waals surface area contributed by atoms with E-state index in [1.165, 1.54) is 5.56 Å². The van der Waals surface area contributed by atoms with E-state index in [0.717, 1.165) is 10.8 Å². The predicted octanol–water partition coefficient (Wildman–Crippen LogP) is 3.17. The SMILES string of the molecule is [c]1ccc(CSc2ccccn2)cc1. The summed E-state index contributed by atoms with van der Waals surface area (Å²) in [4.78, 5) is 4.25. The van der Waals surface area contributed by atoms with Crippen LogP contribution >= 0.6 is 11.8 Å². The molecule has 2 aromatic rings. The normalized spacial score (nSPS) is 10.0. The van der Waals surface area contributed by atoms with Crippen LogP contribution in [-0.4, -0.2) is 4.98 Å². The molecule has 2 rings (SSSR count). The molecule has 69 valence electrons. The Bertz CT molecular complexity index is 333. The van der Waals surface area contributed by atoms with Crippen LogP contribution in [0.1, 0.15) is 5.56 Å². The van der Waals surface area contributed by atoms with Gasteiger partial charge in [0.15, 0.2) is 0 Å². The zero-order valence-electron chi connectivity index (χ0n) is 7.68. The van der Waals surface area contributed by atoms with Crippen LogP contribution in [0.4, 0.5) is 0 Å². The summed E-state index contributed by atoms with van der Waals surface area (Å²) in [7, 11) is 0. The van der Waals surface area contributed by atoms with E-state index in [1.807, 2.05) is 36.5 Å². The Hall–Kier alpha value is -1.28. The maximum atomic E-state index is 4.25. The summed E-state index contributed by atoms with van der Waals surface area (Å²) in [5.74, 6) is 0.964. The second-order valence-corrected chi connectivity index (χ2v) is 3.86. The molecule has 0 aliphatic heterocycles. The molecular weight excluding hydrogens is 190 g/mol. The van der Waals surface area contributed by atoms with Crippen LogP contribution in [0.2, 0.25) is 0 Å². The number of benzene rings is 1. The zero-order valence-corrected chi connectivity index (χ0v) is 8.50. The molecule has 0 amide bonds. The number of hydrogen-bond donors (Lipinski definition) is 0. The van der Waals surface area contributed by atoms with Crippen LogP contribution in [0.15, 0.2) is 53.7 Å². The van der Waals surface area contributed by atoms with E-state index in [2.05, 4.69) is 23.2 Å². The molecule has 0 aliphatic rings. The van der Waals surface area contributed by atoms with Crippen molar-refractivity contribution < 1.29 is 0 Å². The van der Waals surface area contributed by atoms with Gasteiger partial charge in [-0.15, -0.1) is 11.8 Å². The molecule has 14 heavy (non-hydrogen) atoms. The van der Waals surface area contributed by atoms with Crippen LogP contribution in [0, 0.1) is 6.07 Å². The molecule has 0 atom stereocenters. The van der Waals surface area contributed by atoms with E-state index < -0.39 is 0 Å². The molecule has 1 radical (unpaired) electrons. The molecule has 0 bridgehead atoms. The summed E-state index contributed by atoms with van der Waals surface area (Å²) in [6.07, 6.45) is 1.82. The first-order valence-electron chi connectivity index (χ1n) is 4.44. The molecule has 0 aliphatic carbocycles. The Morgan fingerprint density at radius 2 is 2.00 bits per heavy atom. The van der Waals surface area contributed by atoms with Gasteiger partial charge >= 0.3 is 0 Å². The van der Waals surface area contributed by atoms with E-state index in [1.54, 1.807) is 11.8 Å². The highest BCUT2D eigenvalue weighted by atomic mass is 32.2. The Kier molecular flexibility index (Phi) is 3.19. The first-order chi connectivity index (χ1) is 6.95. The standard InChI is InChI=1S/C12H10NS/c1-2-6-11(7-3-1)10-14-12-8-4-5-9-13-12/h2-9H,10H2. The molecule has 0 spiro atoms. The summed E-state index contributed by atoms with van der Waals surface area (Å²) in [5, 5.41) is 1.07. The Morgan fingerprint density at radius 3 is 2.71 bits per heavy atom. The molecule has 0 N–H and O–H groups in total. The summed E-state index contributed by atoms with van der Waals surface area (Å²) < 4.78 is 0. The van der Waals surface area contributed by atoms with Gasteiger partial charge in [-0.05, 0) is 23.8 Å². The van der Waals surface area contributed by atoms with Crippen LogP contribution in [0.3, 0.4) is 0 Å². The molecule has 1 heterocycles. The van der Waals surface area contributed by atoms with Gasteiger partial charge in [0.25, 0.3) is 0 Å². The molecule has 0 saturated carbocycles. The molecule has 0 fully saturated rings. The minimum atomic E-state index is 0.964. The Labute approximate surface area is 88.2 Å². The van der Waals surface area contributed by atoms with E-state index in [-0.39, 0.29) is 0 Å². The fraction of sp³-hybridized carbons (Fsp3) is 0.0833. The second-order valence-electron chi connectivity index (χ2n) is 2.86. The van der Waals surface area contributed by atoms with Gasteiger partial charge in [-0.2, -0.15) is 0 Å². The lowest BCUT2D eigenvalue weighted by molar-refractivity contribution is 1.13. The monoisotopic (exact) mass is 200 g/mol. The van der Waals surface area contributed by atoms with Gasteiger partial charge in [-0.1, -0.05) is 30.3 Å². The zero-order chi connectivity index (χ0) is 9.64. The molecule has 1 aromatic heterocycles. The minimum Gasteiger partial charge on any atom is -0.250 e. The average Bonchev–Trinajstić information content (AvgIpc) is 2.29. The van der Waals surface area contributed by atoms with Gasteiger partial charge in [0.05, 0.1) is 5.03 Å². The third kappa shape index (κ3) is 2.60. The Morgan fingerprint density at radius 1 is 1.14 bits per heavy atom. The molecule has 0 unspecified atom stereocenters. The maximum absolute atomic E-state index is 4.25. The molecule has 0 saturated heterocycles. The van der Waals surface area contributed by atoms with E-state index in [9.17, 15) is 0 Å². The fourth-order valence-corrected chi connectivity index (χ4v) is 1.92. The van der Waals surface area contributed by atoms with E-state index in [0.29, 0.717) is 0 Å². The largest absolute Gasteiger partial charge is 0.250 e. The summed E-state index contributed by atoms with van der Waals surface area (Å²) in [6, 6.07) is 17.0. The topological polar surface area (TPSA) is 12.9 Å². The van der Waals surface area contributed by atoms with Crippen molar-refractivity contribution in [1.82, 2.24) is 4.98 Å². The minimum absolute atomic E-state index is 0.964. The molecule has 2 heteroatoms. The third-order valence-corrected chi connectivity index (χ3v) is 2.83. The second kappa shape index (κ2) is 4.82. The Balaban J connectivity index is 1.96. The van der Waals surface area contributed by atoms with E-state index >= 15 is 0 Å². The van der Waals surface area contributed by atoms with Gasteiger partial charge in [-0.3, -0.25) is 0 Å². The number of nitrogens with zero attached hydrogens (tertiary/aromatic N) is 1. The van der Waals surface area contributed by atoms with Crippen molar-refractivity contribution in [2.24, 2.45) is 0 Å². The van der Waals surface area contributed by atoms with Gasteiger partial charge in [-0.25, -0.2) is 4.98 Å². The number of hydrogen-bond acceptors (Lipinski definition) is 2. The number of thioether (sulfide) groups is 1. The van der Waals surface area contributed by atoms with Gasteiger partial charge < -0.3 is 0 Å². The van der Waals surface area contributed by atoms with Crippen molar-refractivity contribution in [1.29, 1.82) is 0 Å². The highest BCUT2D eigenvalue weighted by Gasteiger charge is 1.94. The van der Waals surface area contributed by atoms with Crippen molar-refractivity contribution in [3.05, 3.63) is 60.3 Å². The van der Waals surface area contributed by atoms with Gasteiger partial charge in [0.2, 0.25) is 0 Å². The first kappa shape index (κ1) is 9.28. The quantitative estimate of drug-likeness (QED) is 0.706. The fourth-order valence-electron chi connectivity index (χ4n) is 1.11. The predicted molar refractivity (Wildman–Crippen MR) is 59.1 cm³/mol. The number of aromatic nitrogens is 1. The lowest BCUT2D eigenvalue weighted by Crippen LogP contribution is -1.81. The van der Waals surface area contributed by atoms with E-state index in [4.69, 9.17) is 0 Å². The summed E-state index contributed by atoms with van der Waals surface area (Å²) >= 11 is 1.75. The lowest BCUT2D eigenvalue weighted by atomic mass is 10.2. The third-order valence-electron chi connectivity index (χ3n) is 1.81. The van der Waals surface area contributed by atoms with Crippen molar-refractivity contribution in [3.8, 4) is 0 Å². The van der Waals surface area contributed by atoms with Gasteiger partial charge in [0.1, 0.15) is 0 Å². The smallest absolute Gasteiger partial charge is 0.0963 e. The summed E-state index contributed by atoms with van der Waals surface area (Å²) in [6.45, 7) is 0. The average molecular weight is 200 g/mol. The number of pyridine rings is 1. The highest BCUT2D eigenvalue weighted by Crippen LogP contribution is 2.19. The lowest BCUT2D eigenvalue weighted by Gasteiger charge is -1.99. The van der Waals surface area contributed by atoms with Crippen LogP contribution in [-0.2, 0) is 5.75 Å². The van der Waals surface area contributed by atoms with Crippen molar-refractivity contribution >= 4 is 11.8 Å². The van der Waals surface area contributed by atoms with Crippen molar-refractivity contribution in [2.75, 3.05) is 0 Å². The first-order valence-corrected chi connectivity index (χ1v) is 5.42. The maximum Gasteiger partial charge on any atom is 0.0963 e. The van der Waals surface area contributed by atoms with Gasteiger partial charge in [0, 0.05) is 11.9 Å². The van der Waals surface area contributed by atoms with Crippen LogP contribution in [0.25, 0.3) is 0 Å². The van der Waals surface area contributed by atoms with Crippen LogP contribution in [0.5, 0.6) is 0 Å². The van der Waals surface area contributed by atoms with Crippen molar-refractivity contribution in [2.45, 2.75) is 10.8 Å².